The molecule has 0 aromatic carbocycles. The van der Waals surface area contributed by atoms with Crippen LogP contribution in [0, 0.1) is 0 Å². The highest BCUT2D eigenvalue weighted by molar-refractivity contribution is 7.99. The van der Waals surface area contributed by atoms with E-state index >= 15 is 0 Å². The maximum Gasteiger partial charge on any atom is 0.407 e. The molecule has 94 valence electrons. The summed E-state index contributed by atoms with van der Waals surface area (Å²) in [6.07, 6.45) is 0.854. The molecule has 1 aliphatic heterocycles. The van der Waals surface area contributed by atoms with Gasteiger partial charge in [-0.2, -0.15) is 11.8 Å². The van der Waals surface area contributed by atoms with Crippen molar-refractivity contribution in [2.45, 2.75) is 44.9 Å². The van der Waals surface area contributed by atoms with E-state index in [1.54, 1.807) is 32.5 Å². The number of alkyl halides is 1. The number of rotatable bonds is 2. The molecule has 1 N–H and O–H groups in total. The largest absolute Gasteiger partial charge is 0.444 e. The van der Waals surface area contributed by atoms with Crippen LogP contribution in [0.4, 0.5) is 9.18 Å². The van der Waals surface area contributed by atoms with E-state index in [9.17, 15) is 9.18 Å². The molecule has 0 bridgehead atoms. The topological polar surface area (TPSA) is 38.3 Å². The average Bonchev–Trinajstić information content (AvgIpc) is 2.14. The molecule has 1 amide bonds. The molecule has 0 aliphatic carbocycles. The highest BCUT2D eigenvalue weighted by Crippen LogP contribution is 2.29. The van der Waals surface area contributed by atoms with Crippen LogP contribution in [-0.2, 0) is 4.74 Å². The van der Waals surface area contributed by atoms with E-state index in [1.165, 1.54) is 0 Å². The molecule has 1 atom stereocenters. The lowest BCUT2D eigenvalue weighted by molar-refractivity contribution is 0.0481. The molecule has 0 aromatic heterocycles. The van der Waals surface area contributed by atoms with Gasteiger partial charge in [0.1, 0.15) is 11.3 Å². The van der Waals surface area contributed by atoms with Crippen LogP contribution in [0.1, 0.15) is 33.6 Å². The first-order valence-corrected chi connectivity index (χ1v) is 6.70. The first-order valence-electron chi connectivity index (χ1n) is 5.54. The molecule has 1 heterocycles. The quantitative estimate of drug-likeness (QED) is 0.817. The molecule has 1 saturated heterocycles. The minimum Gasteiger partial charge on any atom is -0.444 e. The van der Waals surface area contributed by atoms with Crippen LogP contribution < -0.4 is 5.32 Å². The Bertz CT molecular complexity index is 247. The summed E-state index contributed by atoms with van der Waals surface area (Å²) in [5, 5.41) is 2.50. The highest BCUT2D eigenvalue weighted by atomic mass is 32.2. The van der Waals surface area contributed by atoms with Gasteiger partial charge < -0.3 is 10.1 Å². The lowest BCUT2D eigenvalue weighted by atomic mass is 10.0. The molecule has 1 aliphatic rings. The number of alkyl carbamates (subject to hydrolysis) is 1. The van der Waals surface area contributed by atoms with Gasteiger partial charge in [0.2, 0.25) is 0 Å². The molecule has 1 unspecified atom stereocenters. The van der Waals surface area contributed by atoms with Crippen LogP contribution >= 0.6 is 11.8 Å². The van der Waals surface area contributed by atoms with E-state index in [0.717, 1.165) is 12.2 Å². The van der Waals surface area contributed by atoms with E-state index in [1.807, 2.05) is 0 Å². The lowest BCUT2D eigenvalue weighted by Crippen LogP contribution is -2.44. The van der Waals surface area contributed by atoms with Crippen LogP contribution in [0.3, 0.4) is 0 Å². The van der Waals surface area contributed by atoms with E-state index < -0.39 is 17.4 Å². The fraction of sp³-hybridized carbons (Fsp3) is 0.909. The fourth-order valence-electron chi connectivity index (χ4n) is 1.50. The van der Waals surface area contributed by atoms with E-state index in [0.29, 0.717) is 12.2 Å². The monoisotopic (exact) mass is 249 g/mol. The third kappa shape index (κ3) is 5.05. The predicted octanol–water partition coefficient (Wildman–Crippen LogP) is 2.75. The van der Waals surface area contributed by atoms with Gasteiger partial charge in [0.15, 0.2) is 0 Å². The molecule has 1 fully saturated rings. The minimum atomic E-state index is -1.26. The summed E-state index contributed by atoms with van der Waals surface area (Å²) in [6, 6.07) is 0. The van der Waals surface area contributed by atoms with E-state index in [2.05, 4.69) is 5.32 Å². The van der Waals surface area contributed by atoms with Crippen molar-refractivity contribution in [3.8, 4) is 0 Å². The number of nitrogens with one attached hydrogen (secondary N) is 1. The second-order valence-corrected chi connectivity index (χ2v) is 6.27. The molecule has 0 spiro atoms. The maximum atomic E-state index is 14.1. The van der Waals surface area contributed by atoms with Crippen molar-refractivity contribution in [2.24, 2.45) is 0 Å². The van der Waals surface area contributed by atoms with Crippen LogP contribution in [0.25, 0.3) is 0 Å². The zero-order chi connectivity index (χ0) is 12.2. The number of hydrogen-bond acceptors (Lipinski definition) is 3. The Labute approximate surface area is 100 Å². The number of carbonyl (C=O) groups excluding carboxylic acids is 1. The number of hydrogen-bond donors (Lipinski definition) is 1. The Hall–Kier alpha value is -0.450. The molecule has 0 saturated carbocycles. The van der Waals surface area contributed by atoms with Crippen LogP contribution in [0.15, 0.2) is 0 Å². The van der Waals surface area contributed by atoms with Gasteiger partial charge in [-0.1, -0.05) is 0 Å². The summed E-state index contributed by atoms with van der Waals surface area (Å²) in [5.41, 5.74) is -1.80. The summed E-state index contributed by atoms with van der Waals surface area (Å²) < 4.78 is 19.1. The first kappa shape index (κ1) is 13.6. The minimum absolute atomic E-state index is 0.0505. The summed E-state index contributed by atoms with van der Waals surface area (Å²) in [7, 11) is 0. The summed E-state index contributed by atoms with van der Waals surface area (Å²) in [6.45, 7) is 5.41. The Morgan fingerprint density at radius 2 is 2.25 bits per heavy atom. The Morgan fingerprint density at radius 3 is 2.75 bits per heavy atom. The number of thioether (sulfide) groups is 1. The van der Waals surface area contributed by atoms with Gasteiger partial charge in [-0.25, -0.2) is 9.18 Å². The second-order valence-electron chi connectivity index (χ2n) is 5.16. The Kier molecular flexibility index (Phi) is 4.47. The standard InChI is InChI=1S/C11H20FNO2S/c1-10(2,3)15-9(14)13-7-11(12)5-4-6-16-8-11/h4-8H2,1-3H3,(H,13,14). The summed E-state index contributed by atoms with van der Waals surface area (Å²) in [5.74, 6) is 1.47. The van der Waals surface area contributed by atoms with Crippen LogP contribution in [0.5, 0.6) is 0 Å². The molecular formula is C11H20FNO2S. The zero-order valence-electron chi connectivity index (χ0n) is 10.1. The molecule has 3 nitrogen and oxygen atoms in total. The smallest absolute Gasteiger partial charge is 0.407 e. The first-order chi connectivity index (χ1) is 7.31. The summed E-state index contributed by atoms with van der Waals surface area (Å²) in [4.78, 5) is 11.3. The van der Waals surface area contributed by atoms with Crippen molar-refractivity contribution in [3.05, 3.63) is 0 Å². The summed E-state index contributed by atoms with van der Waals surface area (Å²) >= 11 is 1.60. The molecule has 1 rings (SSSR count). The number of amides is 1. The zero-order valence-corrected chi connectivity index (χ0v) is 11.0. The van der Waals surface area contributed by atoms with E-state index in [4.69, 9.17) is 4.74 Å². The van der Waals surface area contributed by atoms with Crippen LogP contribution in [-0.4, -0.2) is 35.4 Å². The fourth-order valence-corrected chi connectivity index (χ4v) is 2.61. The molecule has 0 radical (unpaired) electrons. The van der Waals surface area contributed by atoms with Gasteiger partial charge in [0.25, 0.3) is 0 Å². The van der Waals surface area contributed by atoms with Crippen molar-refractivity contribution in [1.29, 1.82) is 0 Å². The number of carbonyl (C=O) groups is 1. The Morgan fingerprint density at radius 1 is 1.56 bits per heavy atom. The third-order valence-electron chi connectivity index (χ3n) is 2.22. The second kappa shape index (κ2) is 5.25. The normalized spacial score (nSPS) is 26.2. The highest BCUT2D eigenvalue weighted by Gasteiger charge is 2.33. The van der Waals surface area contributed by atoms with Crippen LogP contribution in [0.2, 0.25) is 0 Å². The van der Waals surface area contributed by atoms with Crippen molar-refractivity contribution in [2.75, 3.05) is 18.1 Å². The van der Waals surface area contributed by atoms with Gasteiger partial charge in [-0.05, 0) is 39.4 Å². The number of ether oxygens (including phenoxy) is 1. The lowest BCUT2D eigenvalue weighted by Gasteiger charge is -2.29. The molecule has 0 aromatic rings. The molecular weight excluding hydrogens is 229 g/mol. The Balaban J connectivity index is 2.30. The molecule has 16 heavy (non-hydrogen) atoms. The van der Waals surface area contributed by atoms with Crippen molar-refractivity contribution >= 4 is 17.9 Å². The van der Waals surface area contributed by atoms with Gasteiger partial charge in [-0.15, -0.1) is 0 Å². The average molecular weight is 249 g/mol. The third-order valence-corrected chi connectivity index (χ3v) is 3.52. The predicted molar refractivity (Wildman–Crippen MR) is 64.6 cm³/mol. The van der Waals surface area contributed by atoms with Gasteiger partial charge in [0.05, 0.1) is 6.54 Å². The van der Waals surface area contributed by atoms with Crippen molar-refractivity contribution in [3.63, 3.8) is 0 Å². The van der Waals surface area contributed by atoms with Crippen molar-refractivity contribution in [1.82, 2.24) is 5.32 Å². The number of halogens is 1. The SMILES string of the molecule is CC(C)(C)OC(=O)NCC1(F)CCCSC1. The van der Waals surface area contributed by atoms with Gasteiger partial charge in [0, 0.05) is 5.75 Å². The van der Waals surface area contributed by atoms with Gasteiger partial charge in [-0.3, -0.25) is 0 Å². The van der Waals surface area contributed by atoms with E-state index in [-0.39, 0.29) is 6.54 Å². The molecule has 5 heteroatoms. The van der Waals surface area contributed by atoms with Crippen molar-refractivity contribution < 1.29 is 13.9 Å². The maximum absolute atomic E-state index is 14.1. The van der Waals surface area contributed by atoms with Gasteiger partial charge >= 0.3 is 6.09 Å².